The van der Waals surface area contributed by atoms with Gasteiger partial charge in [0, 0.05) is 41.8 Å². The van der Waals surface area contributed by atoms with Crippen LogP contribution in [0.1, 0.15) is 28.0 Å². The Morgan fingerprint density at radius 1 is 1.10 bits per heavy atom. The normalized spacial score (nSPS) is 15.4. The van der Waals surface area contributed by atoms with Crippen molar-refractivity contribution in [3.05, 3.63) is 77.5 Å². The van der Waals surface area contributed by atoms with E-state index < -0.39 is 23.2 Å². The Hall–Kier alpha value is -4.10. The summed E-state index contributed by atoms with van der Waals surface area (Å²) in [5.41, 5.74) is -0.200. The van der Waals surface area contributed by atoms with Gasteiger partial charge in [0.2, 0.25) is 0 Å². The molecule has 3 N–H and O–H groups in total. The van der Waals surface area contributed by atoms with E-state index in [2.05, 4.69) is 49.7 Å². The van der Waals surface area contributed by atoms with Crippen LogP contribution in [-0.4, -0.2) is 64.2 Å². The second kappa shape index (κ2) is 11.8. The highest BCUT2D eigenvalue weighted by Gasteiger charge is 2.34. The van der Waals surface area contributed by atoms with Gasteiger partial charge in [0.15, 0.2) is 5.16 Å². The van der Waals surface area contributed by atoms with Gasteiger partial charge >= 0.3 is 6.18 Å². The fraction of sp³-hybridized carbons (Fsp3) is 0.286. The predicted molar refractivity (Wildman–Crippen MR) is 153 cm³/mol. The highest BCUT2D eigenvalue weighted by Crippen LogP contribution is 2.33. The average Bonchev–Trinajstić information content (AvgIpc) is 3.59. The van der Waals surface area contributed by atoms with Crippen molar-refractivity contribution in [2.75, 3.05) is 42.7 Å². The Kier molecular flexibility index (Phi) is 8.18. The minimum absolute atomic E-state index is 0.370. The van der Waals surface area contributed by atoms with Gasteiger partial charge in [0.05, 0.1) is 16.8 Å². The first kappa shape index (κ1) is 28.4. The fourth-order valence-electron chi connectivity index (χ4n) is 4.52. The van der Waals surface area contributed by atoms with Crippen LogP contribution in [0.4, 0.5) is 36.3 Å². The number of likely N-dealkylation sites (N-methyl/N-ethyl adjacent to an activating group) is 1. The Morgan fingerprint density at radius 3 is 2.51 bits per heavy atom. The number of benzene rings is 2. The van der Waals surface area contributed by atoms with Crippen LogP contribution in [-0.2, 0) is 6.18 Å². The average molecular weight is 583 g/mol. The van der Waals surface area contributed by atoms with Gasteiger partial charge in [-0.15, -0.1) is 0 Å². The number of aryl methyl sites for hydroxylation is 1. The molecule has 1 aliphatic heterocycles. The van der Waals surface area contributed by atoms with Gasteiger partial charge in [-0.05, 0) is 75.6 Å². The molecule has 0 saturated carbocycles. The third kappa shape index (κ3) is 6.98. The maximum absolute atomic E-state index is 13.3. The summed E-state index contributed by atoms with van der Waals surface area (Å²) in [5.74, 6) is 1.29. The minimum atomic E-state index is -4.63. The highest BCUT2D eigenvalue weighted by molar-refractivity contribution is 7.99. The summed E-state index contributed by atoms with van der Waals surface area (Å²) in [7, 11) is 4.15. The molecule has 0 unspecified atom stereocenters. The summed E-state index contributed by atoms with van der Waals surface area (Å²) in [6.07, 6.45) is -3.60. The maximum Gasteiger partial charge on any atom is 0.417 e. The standard InChI is InChI=1S/C28H29F3N8OS/c1-17-14-24(37-36-17)33-23-15-25(39-13-12-19(16-39)38(2)3)35-27(34-23)41-20-10-8-18(9-11-20)32-26(40)21-6-4-5-7-22(21)28(29,30)31/h4-11,14-15,19H,12-13,16H2,1-3H3,(H,32,40)(H2,33,34,35,36,37)/t19-/m0/s1. The molecule has 214 valence electrons. The summed E-state index contributed by atoms with van der Waals surface area (Å²) < 4.78 is 40.0. The first-order valence-electron chi connectivity index (χ1n) is 12.9. The van der Waals surface area contributed by atoms with E-state index in [1.165, 1.54) is 23.9 Å². The molecule has 3 heterocycles. The van der Waals surface area contributed by atoms with Crippen LogP contribution >= 0.6 is 11.8 Å². The zero-order chi connectivity index (χ0) is 29.1. The number of halogens is 3. The Balaban J connectivity index is 1.33. The lowest BCUT2D eigenvalue weighted by molar-refractivity contribution is -0.137. The molecule has 1 saturated heterocycles. The smallest absolute Gasteiger partial charge is 0.355 e. The molecule has 1 aliphatic rings. The molecule has 0 spiro atoms. The zero-order valence-electron chi connectivity index (χ0n) is 22.7. The number of rotatable bonds is 8. The number of aromatic amines is 1. The molecule has 13 heteroatoms. The number of anilines is 4. The molecule has 2 aromatic carbocycles. The molecule has 0 radical (unpaired) electrons. The number of carbonyl (C=O) groups is 1. The van der Waals surface area contributed by atoms with E-state index in [-0.39, 0.29) is 0 Å². The zero-order valence-corrected chi connectivity index (χ0v) is 23.5. The lowest BCUT2D eigenvalue weighted by Crippen LogP contribution is -2.31. The van der Waals surface area contributed by atoms with Crippen LogP contribution < -0.4 is 15.5 Å². The van der Waals surface area contributed by atoms with E-state index in [4.69, 9.17) is 4.98 Å². The molecule has 4 aromatic rings. The maximum atomic E-state index is 13.3. The van der Waals surface area contributed by atoms with Crippen molar-refractivity contribution in [2.45, 2.75) is 35.6 Å². The largest absolute Gasteiger partial charge is 0.417 e. The number of H-pyrrole nitrogens is 1. The Morgan fingerprint density at radius 2 is 1.85 bits per heavy atom. The number of hydrogen-bond donors (Lipinski definition) is 3. The molecule has 0 aliphatic carbocycles. The van der Waals surface area contributed by atoms with Crippen molar-refractivity contribution in [2.24, 2.45) is 0 Å². The molecule has 41 heavy (non-hydrogen) atoms. The number of amides is 1. The van der Waals surface area contributed by atoms with Gasteiger partial charge in [-0.1, -0.05) is 12.1 Å². The summed E-state index contributed by atoms with van der Waals surface area (Å²) in [4.78, 5) is 27.4. The second-order valence-electron chi connectivity index (χ2n) is 9.92. The quantitative estimate of drug-likeness (QED) is 0.224. The van der Waals surface area contributed by atoms with Gasteiger partial charge in [0.1, 0.15) is 17.5 Å². The van der Waals surface area contributed by atoms with Crippen molar-refractivity contribution >= 4 is 40.8 Å². The van der Waals surface area contributed by atoms with Crippen LogP contribution in [0.25, 0.3) is 0 Å². The van der Waals surface area contributed by atoms with Crippen molar-refractivity contribution in [3.8, 4) is 0 Å². The predicted octanol–water partition coefficient (Wildman–Crippen LogP) is 5.81. The lowest BCUT2D eigenvalue weighted by Gasteiger charge is -2.21. The summed E-state index contributed by atoms with van der Waals surface area (Å²) in [6, 6.07) is 15.7. The molecule has 9 nitrogen and oxygen atoms in total. The third-order valence-corrected chi connectivity index (χ3v) is 7.55. The number of aromatic nitrogens is 4. The van der Waals surface area contributed by atoms with Crippen LogP contribution in [0, 0.1) is 6.92 Å². The first-order chi connectivity index (χ1) is 19.5. The molecule has 1 fully saturated rings. The molecule has 1 atom stereocenters. The van der Waals surface area contributed by atoms with Crippen molar-refractivity contribution in [3.63, 3.8) is 0 Å². The van der Waals surface area contributed by atoms with E-state index >= 15 is 0 Å². The molecule has 2 aromatic heterocycles. The summed E-state index contributed by atoms with van der Waals surface area (Å²) >= 11 is 1.34. The SMILES string of the molecule is Cc1cc(Nc2cc(N3CC[C@H](N(C)C)C3)nc(Sc3ccc(NC(=O)c4ccccc4C(F)(F)F)cc3)n2)[nH]n1. The van der Waals surface area contributed by atoms with Gasteiger partial charge in [0.25, 0.3) is 5.91 Å². The number of nitrogens with zero attached hydrogens (tertiary/aromatic N) is 5. The number of hydrogen-bond acceptors (Lipinski definition) is 8. The molecule has 5 rings (SSSR count). The van der Waals surface area contributed by atoms with Crippen LogP contribution in [0.5, 0.6) is 0 Å². The highest BCUT2D eigenvalue weighted by atomic mass is 32.2. The summed E-state index contributed by atoms with van der Waals surface area (Å²) in [5, 5.41) is 13.4. The van der Waals surface area contributed by atoms with Crippen molar-refractivity contribution in [1.82, 2.24) is 25.1 Å². The Labute approximate surface area is 239 Å². The summed E-state index contributed by atoms with van der Waals surface area (Å²) in [6.45, 7) is 3.61. The van der Waals surface area contributed by atoms with Crippen LogP contribution in [0.15, 0.2) is 70.7 Å². The van der Waals surface area contributed by atoms with Crippen molar-refractivity contribution < 1.29 is 18.0 Å². The number of nitrogens with one attached hydrogen (secondary N) is 3. The Bertz CT molecular complexity index is 1520. The molecular formula is C28H29F3N8OS. The lowest BCUT2D eigenvalue weighted by atomic mass is 10.1. The first-order valence-corrected chi connectivity index (χ1v) is 13.7. The van der Waals surface area contributed by atoms with Gasteiger partial charge in [-0.25, -0.2) is 9.97 Å². The van der Waals surface area contributed by atoms with E-state index in [0.29, 0.717) is 28.5 Å². The van der Waals surface area contributed by atoms with Gasteiger partial charge < -0.3 is 20.4 Å². The van der Waals surface area contributed by atoms with E-state index in [9.17, 15) is 18.0 Å². The van der Waals surface area contributed by atoms with Crippen molar-refractivity contribution in [1.29, 1.82) is 0 Å². The minimum Gasteiger partial charge on any atom is -0.355 e. The van der Waals surface area contributed by atoms with E-state index in [0.717, 1.165) is 48.1 Å². The van der Waals surface area contributed by atoms with E-state index in [1.54, 1.807) is 24.3 Å². The molecule has 1 amide bonds. The second-order valence-corrected chi connectivity index (χ2v) is 11.0. The topological polar surface area (TPSA) is 102 Å². The fourth-order valence-corrected chi connectivity index (χ4v) is 5.28. The van der Waals surface area contributed by atoms with Gasteiger partial charge in [-0.2, -0.15) is 18.3 Å². The van der Waals surface area contributed by atoms with Crippen LogP contribution in [0.3, 0.4) is 0 Å². The molecule has 0 bridgehead atoms. The monoisotopic (exact) mass is 582 g/mol. The molecular weight excluding hydrogens is 553 g/mol. The van der Waals surface area contributed by atoms with E-state index in [1.807, 2.05) is 19.1 Å². The van der Waals surface area contributed by atoms with Gasteiger partial charge in [-0.3, -0.25) is 9.89 Å². The third-order valence-electron chi connectivity index (χ3n) is 6.68. The number of alkyl halides is 3. The van der Waals surface area contributed by atoms with Crippen LogP contribution in [0.2, 0.25) is 0 Å². The number of carbonyl (C=O) groups excluding carboxylic acids is 1.